The van der Waals surface area contributed by atoms with E-state index < -0.39 is 0 Å². The number of aromatic nitrogens is 1. The predicted molar refractivity (Wildman–Crippen MR) is 45.7 cm³/mol. The molecule has 0 amide bonds. The summed E-state index contributed by atoms with van der Waals surface area (Å²) in [7, 11) is 1.74. The van der Waals surface area contributed by atoms with E-state index in [4.69, 9.17) is 0 Å². The van der Waals surface area contributed by atoms with Crippen molar-refractivity contribution in [1.29, 1.82) is 0 Å². The lowest BCUT2D eigenvalue weighted by Crippen LogP contribution is -1.75. The Morgan fingerprint density at radius 1 is 1.80 bits per heavy atom. The summed E-state index contributed by atoms with van der Waals surface area (Å²) >= 11 is 1.43. The van der Waals surface area contributed by atoms with Gasteiger partial charge in [-0.25, -0.2) is 0 Å². The van der Waals surface area contributed by atoms with E-state index in [1.54, 1.807) is 25.5 Å². The molecule has 0 unspecified atom stereocenters. The first-order valence-corrected chi connectivity index (χ1v) is 3.65. The van der Waals surface area contributed by atoms with E-state index in [0.29, 0.717) is 0 Å². The van der Waals surface area contributed by atoms with E-state index in [-0.39, 0.29) is 0 Å². The van der Waals surface area contributed by atoms with Gasteiger partial charge in [0.2, 0.25) is 0 Å². The number of nitrogens with zero attached hydrogens (tertiary/aromatic N) is 2. The van der Waals surface area contributed by atoms with Crippen molar-refractivity contribution in [3.05, 3.63) is 23.2 Å². The van der Waals surface area contributed by atoms with Gasteiger partial charge in [0.25, 0.3) is 0 Å². The molecule has 0 saturated heterocycles. The van der Waals surface area contributed by atoms with Crippen LogP contribution in [0.4, 0.5) is 0 Å². The van der Waals surface area contributed by atoms with Crippen LogP contribution >= 0.6 is 11.5 Å². The third-order valence-corrected chi connectivity index (χ3v) is 1.84. The van der Waals surface area contributed by atoms with Gasteiger partial charge in [-0.05, 0) is 11.5 Å². The third kappa shape index (κ3) is 1.30. The lowest BCUT2D eigenvalue weighted by atomic mass is 10.3. The van der Waals surface area contributed by atoms with E-state index in [0.717, 1.165) is 10.4 Å². The van der Waals surface area contributed by atoms with E-state index in [1.807, 2.05) is 0 Å². The van der Waals surface area contributed by atoms with Gasteiger partial charge in [0.15, 0.2) is 0 Å². The summed E-state index contributed by atoms with van der Waals surface area (Å²) < 4.78 is 3.99. The highest BCUT2D eigenvalue weighted by atomic mass is 32.1. The van der Waals surface area contributed by atoms with Gasteiger partial charge in [-0.2, -0.15) is 4.37 Å². The molecule has 0 aliphatic heterocycles. The minimum atomic E-state index is 1.05. The van der Waals surface area contributed by atoms with Gasteiger partial charge in [-0.3, -0.25) is 4.99 Å². The minimum absolute atomic E-state index is 1.05. The Labute approximate surface area is 64.1 Å². The first-order chi connectivity index (χ1) is 4.88. The monoisotopic (exact) mass is 152 g/mol. The molecule has 0 atom stereocenters. The van der Waals surface area contributed by atoms with Crippen molar-refractivity contribution in [3.63, 3.8) is 0 Å². The topological polar surface area (TPSA) is 25.2 Å². The standard InChI is InChI=1S/C7H8N2S/c1-3-6-4-9-10-7(6)5-8-2/h3-5H,1H2,2H3. The molecule has 1 heterocycles. The van der Waals surface area contributed by atoms with Gasteiger partial charge < -0.3 is 0 Å². The average Bonchev–Trinajstić information content (AvgIpc) is 2.36. The number of hydrogen-bond acceptors (Lipinski definition) is 3. The summed E-state index contributed by atoms with van der Waals surface area (Å²) in [6.07, 6.45) is 5.35. The maximum atomic E-state index is 3.99. The molecule has 52 valence electrons. The summed E-state index contributed by atoms with van der Waals surface area (Å²) in [4.78, 5) is 4.95. The van der Waals surface area contributed by atoms with Crippen molar-refractivity contribution < 1.29 is 0 Å². The normalized spacial score (nSPS) is 10.5. The first kappa shape index (κ1) is 7.15. The Kier molecular flexibility index (Phi) is 2.34. The SMILES string of the molecule is C=Cc1cnsc1C=NC. The summed E-state index contributed by atoms with van der Waals surface area (Å²) in [6, 6.07) is 0. The molecule has 0 bridgehead atoms. The van der Waals surface area contributed by atoms with Crippen LogP contribution in [-0.2, 0) is 0 Å². The summed E-state index contributed by atoms with van der Waals surface area (Å²) in [5, 5.41) is 0. The van der Waals surface area contributed by atoms with Crippen molar-refractivity contribution >= 4 is 23.8 Å². The second-order valence-electron chi connectivity index (χ2n) is 1.74. The molecule has 3 heteroatoms. The Balaban J connectivity index is 3.00. The molecule has 1 aromatic rings. The van der Waals surface area contributed by atoms with Gasteiger partial charge in [-0.1, -0.05) is 12.7 Å². The fourth-order valence-electron chi connectivity index (χ4n) is 0.625. The van der Waals surface area contributed by atoms with Crippen molar-refractivity contribution in [2.45, 2.75) is 0 Å². The smallest absolute Gasteiger partial charge is 0.0727 e. The van der Waals surface area contributed by atoms with Crippen LogP contribution in [0.3, 0.4) is 0 Å². The summed E-state index contributed by atoms with van der Waals surface area (Å²) in [6.45, 7) is 3.65. The zero-order valence-electron chi connectivity index (χ0n) is 5.74. The molecule has 1 aromatic heterocycles. The molecule has 10 heavy (non-hydrogen) atoms. The molecule has 1 rings (SSSR count). The zero-order valence-corrected chi connectivity index (χ0v) is 6.56. The lowest BCUT2D eigenvalue weighted by Gasteiger charge is -1.83. The third-order valence-electron chi connectivity index (χ3n) is 1.09. The highest BCUT2D eigenvalue weighted by Gasteiger charge is 1.96. The zero-order chi connectivity index (χ0) is 7.40. The van der Waals surface area contributed by atoms with Crippen molar-refractivity contribution in [1.82, 2.24) is 4.37 Å². The van der Waals surface area contributed by atoms with Gasteiger partial charge in [0, 0.05) is 25.0 Å². The van der Waals surface area contributed by atoms with Gasteiger partial charge in [0.05, 0.1) is 4.88 Å². The van der Waals surface area contributed by atoms with E-state index in [9.17, 15) is 0 Å². The number of hydrogen-bond donors (Lipinski definition) is 0. The second kappa shape index (κ2) is 3.27. The van der Waals surface area contributed by atoms with Crippen LogP contribution in [0.25, 0.3) is 6.08 Å². The van der Waals surface area contributed by atoms with Crippen LogP contribution in [-0.4, -0.2) is 17.6 Å². The summed E-state index contributed by atoms with van der Waals surface area (Å²) in [5.41, 5.74) is 1.05. The molecule has 0 aliphatic carbocycles. The maximum absolute atomic E-state index is 3.99. The molecule has 0 N–H and O–H groups in total. The molecule has 0 fully saturated rings. The van der Waals surface area contributed by atoms with Crippen LogP contribution in [0.5, 0.6) is 0 Å². The molecular formula is C7H8N2S. The van der Waals surface area contributed by atoms with E-state index in [1.165, 1.54) is 11.5 Å². The quantitative estimate of drug-likeness (QED) is 0.593. The molecule has 0 radical (unpaired) electrons. The molecule has 0 saturated carbocycles. The molecule has 2 nitrogen and oxygen atoms in total. The first-order valence-electron chi connectivity index (χ1n) is 2.87. The van der Waals surface area contributed by atoms with Crippen LogP contribution in [0.15, 0.2) is 17.8 Å². The van der Waals surface area contributed by atoms with E-state index >= 15 is 0 Å². The molecule has 0 aromatic carbocycles. The van der Waals surface area contributed by atoms with Crippen LogP contribution in [0.2, 0.25) is 0 Å². The van der Waals surface area contributed by atoms with Crippen molar-refractivity contribution in [3.8, 4) is 0 Å². The predicted octanol–water partition coefficient (Wildman–Crippen LogP) is 1.83. The molecule has 0 spiro atoms. The van der Waals surface area contributed by atoms with Crippen LogP contribution < -0.4 is 0 Å². The fraction of sp³-hybridized carbons (Fsp3) is 0.143. The Hall–Kier alpha value is -0.960. The number of aliphatic imine (C=N–C) groups is 1. The van der Waals surface area contributed by atoms with Gasteiger partial charge in [-0.15, -0.1) is 0 Å². The van der Waals surface area contributed by atoms with E-state index in [2.05, 4.69) is 15.9 Å². The average molecular weight is 152 g/mol. The molecular weight excluding hydrogens is 144 g/mol. The maximum Gasteiger partial charge on any atom is 0.0727 e. The van der Waals surface area contributed by atoms with Crippen molar-refractivity contribution in [2.75, 3.05) is 7.05 Å². The highest BCUT2D eigenvalue weighted by Crippen LogP contribution is 2.11. The lowest BCUT2D eigenvalue weighted by molar-refractivity contribution is 1.47. The minimum Gasteiger partial charge on any atom is -0.295 e. The Morgan fingerprint density at radius 3 is 3.20 bits per heavy atom. The molecule has 0 aliphatic rings. The largest absolute Gasteiger partial charge is 0.295 e. The van der Waals surface area contributed by atoms with Crippen LogP contribution in [0, 0.1) is 0 Å². The van der Waals surface area contributed by atoms with Gasteiger partial charge >= 0.3 is 0 Å². The highest BCUT2D eigenvalue weighted by molar-refractivity contribution is 7.07. The Bertz CT molecular complexity index is 250. The second-order valence-corrected chi connectivity index (χ2v) is 2.57. The fourth-order valence-corrected chi connectivity index (χ4v) is 1.30. The van der Waals surface area contributed by atoms with Crippen LogP contribution in [0.1, 0.15) is 10.4 Å². The van der Waals surface area contributed by atoms with Crippen molar-refractivity contribution in [2.24, 2.45) is 4.99 Å². The summed E-state index contributed by atoms with van der Waals surface area (Å²) in [5.74, 6) is 0. The van der Waals surface area contributed by atoms with Gasteiger partial charge in [0.1, 0.15) is 0 Å². The number of rotatable bonds is 2. The Morgan fingerprint density at radius 2 is 2.60 bits per heavy atom.